The molecule has 1 heterocycles. The molecule has 2 rings (SSSR count). The van der Waals surface area contributed by atoms with Crippen LogP contribution in [0.15, 0.2) is 27.6 Å². The van der Waals surface area contributed by atoms with Crippen LogP contribution in [0.5, 0.6) is 0 Å². The van der Waals surface area contributed by atoms with Crippen LogP contribution in [0.25, 0.3) is 0 Å². The molecule has 0 aliphatic carbocycles. The molecule has 1 N–H and O–H groups in total. The standard InChI is InChI=1S/C13H18BrClN2O3S/c1-10(17-4-6-20-7-5-17)9-16-21(18,19)13-3-2-11(14)8-12(13)15/h2-3,8,10,16H,4-7,9H2,1H3. The molecule has 1 aliphatic heterocycles. The maximum Gasteiger partial charge on any atom is 0.242 e. The van der Waals surface area contributed by atoms with Gasteiger partial charge in [0.2, 0.25) is 10.0 Å². The fraction of sp³-hybridized carbons (Fsp3) is 0.538. The molecule has 0 spiro atoms. The van der Waals surface area contributed by atoms with Crippen molar-refractivity contribution >= 4 is 37.6 Å². The normalized spacial score (nSPS) is 18.6. The van der Waals surface area contributed by atoms with Crippen molar-refractivity contribution in [3.05, 3.63) is 27.7 Å². The van der Waals surface area contributed by atoms with E-state index in [-0.39, 0.29) is 16.0 Å². The molecule has 118 valence electrons. The molecule has 0 bridgehead atoms. The van der Waals surface area contributed by atoms with Crippen LogP contribution in [0.2, 0.25) is 5.02 Å². The molecule has 1 aromatic rings. The largest absolute Gasteiger partial charge is 0.379 e. The fourth-order valence-electron chi connectivity index (χ4n) is 2.15. The minimum absolute atomic E-state index is 0.0987. The van der Waals surface area contributed by atoms with Gasteiger partial charge >= 0.3 is 0 Å². The van der Waals surface area contributed by atoms with E-state index in [0.717, 1.165) is 17.6 Å². The van der Waals surface area contributed by atoms with E-state index < -0.39 is 10.0 Å². The first-order valence-corrected chi connectivity index (χ1v) is 9.32. The first kappa shape index (κ1) is 17.2. The van der Waals surface area contributed by atoms with E-state index in [2.05, 4.69) is 25.6 Å². The lowest BCUT2D eigenvalue weighted by atomic mass is 10.2. The Morgan fingerprint density at radius 3 is 2.71 bits per heavy atom. The average Bonchev–Trinajstić information content (AvgIpc) is 2.45. The molecule has 1 fully saturated rings. The minimum atomic E-state index is -3.60. The number of rotatable bonds is 5. The average molecular weight is 398 g/mol. The number of halogens is 2. The molecule has 21 heavy (non-hydrogen) atoms. The fourth-order valence-corrected chi connectivity index (χ4v) is 4.31. The van der Waals surface area contributed by atoms with Crippen LogP contribution in [-0.4, -0.2) is 52.2 Å². The van der Waals surface area contributed by atoms with E-state index in [1.165, 1.54) is 6.07 Å². The lowest BCUT2D eigenvalue weighted by Gasteiger charge is -2.32. The SMILES string of the molecule is CC(CNS(=O)(=O)c1ccc(Br)cc1Cl)N1CCOCC1. The lowest BCUT2D eigenvalue weighted by molar-refractivity contribution is 0.0213. The first-order chi connectivity index (χ1) is 9.90. The number of sulfonamides is 1. The topological polar surface area (TPSA) is 58.6 Å². The van der Waals surface area contributed by atoms with Crippen molar-refractivity contribution in [1.29, 1.82) is 0 Å². The van der Waals surface area contributed by atoms with E-state index in [1.54, 1.807) is 12.1 Å². The highest BCUT2D eigenvalue weighted by Gasteiger charge is 2.22. The number of morpholine rings is 1. The Morgan fingerprint density at radius 2 is 2.10 bits per heavy atom. The quantitative estimate of drug-likeness (QED) is 0.827. The highest BCUT2D eigenvalue weighted by atomic mass is 79.9. The zero-order chi connectivity index (χ0) is 15.5. The van der Waals surface area contributed by atoms with Crippen molar-refractivity contribution < 1.29 is 13.2 Å². The number of hydrogen-bond donors (Lipinski definition) is 1. The molecule has 1 aromatic carbocycles. The Bertz CT molecular complexity index is 591. The van der Waals surface area contributed by atoms with Crippen molar-refractivity contribution in [3.8, 4) is 0 Å². The molecular weight excluding hydrogens is 380 g/mol. The monoisotopic (exact) mass is 396 g/mol. The zero-order valence-corrected chi connectivity index (χ0v) is 14.8. The Kier molecular flexibility index (Phi) is 6.05. The smallest absolute Gasteiger partial charge is 0.242 e. The van der Waals surface area contributed by atoms with Crippen molar-refractivity contribution in [3.63, 3.8) is 0 Å². The summed E-state index contributed by atoms with van der Waals surface area (Å²) in [5.41, 5.74) is 0. The van der Waals surface area contributed by atoms with Crippen LogP contribution >= 0.6 is 27.5 Å². The molecule has 5 nitrogen and oxygen atoms in total. The summed E-state index contributed by atoms with van der Waals surface area (Å²) in [6.45, 7) is 5.36. The molecule has 0 saturated carbocycles. The second kappa shape index (κ2) is 7.39. The third-order valence-electron chi connectivity index (χ3n) is 3.42. The predicted molar refractivity (Wildman–Crippen MR) is 86.2 cm³/mol. The summed E-state index contributed by atoms with van der Waals surface area (Å²) in [6, 6.07) is 4.83. The second-order valence-electron chi connectivity index (χ2n) is 4.92. The molecule has 0 aromatic heterocycles. The van der Waals surface area contributed by atoms with E-state index in [1.807, 2.05) is 6.92 Å². The molecule has 1 saturated heterocycles. The summed E-state index contributed by atoms with van der Waals surface area (Å²) >= 11 is 9.26. The predicted octanol–water partition coefficient (Wildman–Crippen LogP) is 2.10. The van der Waals surface area contributed by atoms with Crippen LogP contribution in [0.3, 0.4) is 0 Å². The number of nitrogens with one attached hydrogen (secondary N) is 1. The van der Waals surface area contributed by atoms with Crippen molar-refractivity contribution in [2.75, 3.05) is 32.8 Å². The third-order valence-corrected chi connectivity index (χ3v) is 5.82. The molecule has 1 aliphatic rings. The summed E-state index contributed by atoms with van der Waals surface area (Å²) in [4.78, 5) is 2.30. The van der Waals surface area contributed by atoms with Gasteiger partial charge in [0.05, 0.1) is 18.2 Å². The Hall–Kier alpha value is -0.180. The van der Waals surface area contributed by atoms with Gasteiger partial charge in [-0.3, -0.25) is 4.90 Å². The Labute approximate surface area is 138 Å². The molecule has 1 unspecified atom stereocenters. The Balaban J connectivity index is 2.00. The highest BCUT2D eigenvalue weighted by Crippen LogP contribution is 2.25. The summed E-state index contributed by atoms with van der Waals surface area (Å²) in [5, 5.41) is 0.205. The number of ether oxygens (including phenoxy) is 1. The van der Waals surface area contributed by atoms with Gasteiger partial charge in [-0.25, -0.2) is 13.1 Å². The van der Waals surface area contributed by atoms with Crippen LogP contribution in [0.1, 0.15) is 6.92 Å². The number of benzene rings is 1. The van der Waals surface area contributed by atoms with Gasteiger partial charge in [-0.2, -0.15) is 0 Å². The van der Waals surface area contributed by atoms with Gasteiger partial charge in [0.15, 0.2) is 0 Å². The molecule has 0 amide bonds. The zero-order valence-electron chi connectivity index (χ0n) is 11.7. The maximum absolute atomic E-state index is 12.3. The van der Waals surface area contributed by atoms with E-state index in [4.69, 9.17) is 16.3 Å². The summed E-state index contributed by atoms with van der Waals surface area (Å²) in [5.74, 6) is 0. The van der Waals surface area contributed by atoms with Gasteiger partial charge in [-0.05, 0) is 25.1 Å². The van der Waals surface area contributed by atoms with Gasteiger partial charge in [0, 0.05) is 30.1 Å². The van der Waals surface area contributed by atoms with Crippen LogP contribution in [-0.2, 0) is 14.8 Å². The first-order valence-electron chi connectivity index (χ1n) is 6.66. The summed E-state index contributed by atoms with van der Waals surface area (Å²) in [7, 11) is -3.60. The number of nitrogens with zero attached hydrogens (tertiary/aromatic N) is 1. The highest BCUT2D eigenvalue weighted by molar-refractivity contribution is 9.10. The van der Waals surface area contributed by atoms with Gasteiger partial charge in [0.1, 0.15) is 4.90 Å². The van der Waals surface area contributed by atoms with E-state index >= 15 is 0 Å². The van der Waals surface area contributed by atoms with Crippen LogP contribution in [0.4, 0.5) is 0 Å². The second-order valence-corrected chi connectivity index (χ2v) is 7.98. The van der Waals surface area contributed by atoms with Gasteiger partial charge < -0.3 is 4.74 Å². The number of hydrogen-bond acceptors (Lipinski definition) is 4. The van der Waals surface area contributed by atoms with Crippen molar-refractivity contribution in [2.45, 2.75) is 17.9 Å². The molecule has 8 heteroatoms. The summed E-state index contributed by atoms with van der Waals surface area (Å²) in [6.07, 6.45) is 0. The van der Waals surface area contributed by atoms with E-state index in [9.17, 15) is 8.42 Å². The Morgan fingerprint density at radius 1 is 1.43 bits per heavy atom. The lowest BCUT2D eigenvalue weighted by Crippen LogP contribution is -2.47. The molecule has 0 radical (unpaired) electrons. The third kappa shape index (κ3) is 4.64. The van der Waals surface area contributed by atoms with Crippen molar-refractivity contribution in [1.82, 2.24) is 9.62 Å². The van der Waals surface area contributed by atoms with Gasteiger partial charge in [-0.1, -0.05) is 27.5 Å². The summed E-state index contributed by atoms with van der Waals surface area (Å²) < 4.78 is 33.3. The van der Waals surface area contributed by atoms with Crippen LogP contribution in [0, 0.1) is 0 Å². The van der Waals surface area contributed by atoms with Gasteiger partial charge in [0.25, 0.3) is 0 Å². The van der Waals surface area contributed by atoms with Gasteiger partial charge in [-0.15, -0.1) is 0 Å². The minimum Gasteiger partial charge on any atom is -0.379 e. The van der Waals surface area contributed by atoms with Crippen molar-refractivity contribution in [2.24, 2.45) is 0 Å². The van der Waals surface area contributed by atoms with E-state index in [0.29, 0.717) is 19.8 Å². The molecule has 1 atom stereocenters. The van der Waals surface area contributed by atoms with Crippen LogP contribution < -0.4 is 4.72 Å². The maximum atomic E-state index is 12.3. The molecular formula is C13H18BrClN2O3S.